The van der Waals surface area contributed by atoms with E-state index in [0.29, 0.717) is 12.1 Å². The second-order valence-corrected chi connectivity index (χ2v) is 7.00. The van der Waals surface area contributed by atoms with Crippen molar-refractivity contribution < 1.29 is 39.9 Å². The Morgan fingerprint density at radius 3 is 2.24 bits per heavy atom. The number of benzene rings is 1. The van der Waals surface area contributed by atoms with Crippen LogP contribution in [0.1, 0.15) is 27.3 Å². The second-order valence-electron chi connectivity index (χ2n) is 6.60. The Bertz CT molecular complexity index is 1170. The SMILES string of the molecule is O=C(NCC(F)(F)c1ncc(-n2ccc(C(F)(F)F)n2)cc1Cl)c1ccccc1C(F)(F)F. The van der Waals surface area contributed by atoms with Crippen LogP contribution in [0.5, 0.6) is 0 Å². The predicted molar refractivity (Wildman–Crippen MR) is 99.0 cm³/mol. The van der Waals surface area contributed by atoms with E-state index in [1.54, 1.807) is 5.32 Å². The molecule has 176 valence electrons. The zero-order valence-electron chi connectivity index (χ0n) is 16.0. The number of aromatic nitrogens is 3. The van der Waals surface area contributed by atoms with E-state index in [2.05, 4.69) is 10.1 Å². The summed E-state index contributed by atoms with van der Waals surface area (Å²) in [5, 5.41) is 4.32. The average molecular weight is 499 g/mol. The van der Waals surface area contributed by atoms with Gasteiger partial charge in [-0.05, 0) is 24.3 Å². The highest BCUT2D eigenvalue weighted by Gasteiger charge is 2.39. The monoisotopic (exact) mass is 498 g/mol. The van der Waals surface area contributed by atoms with Gasteiger partial charge in [-0.1, -0.05) is 23.7 Å². The molecule has 1 aromatic carbocycles. The van der Waals surface area contributed by atoms with Crippen LogP contribution in [-0.4, -0.2) is 27.2 Å². The van der Waals surface area contributed by atoms with Crippen molar-refractivity contribution in [1.82, 2.24) is 20.1 Å². The minimum atomic E-state index is -4.88. The normalized spacial score (nSPS) is 12.6. The van der Waals surface area contributed by atoms with Crippen LogP contribution in [0.15, 0.2) is 48.8 Å². The van der Waals surface area contributed by atoms with E-state index in [9.17, 15) is 39.9 Å². The lowest BCUT2D eigenvalue weighted by Crippen LogP contribution is -2.36. The molecular weight excluding hydrogens is 488 g/mol. The van der Waals surface area contributed by atoms with Crippen LogP contribution in [0.4, 0.5) is 35.1 Å². The summed E-state index contributed by atoms with van der Waals surface area (Å²) < 4.78 is 107. The molecule has 0 unspecified atom stereocenters. The standard InChI is InChI=1S/C19H11ClF8N4O/c20-13-7-10(32-6-5-14(31-32)19(26,27)28)8-29-15(13)17(21,22)9-30-16(33)11-3-1-2-4-12(11)18(23,24)25/h1-8H,9H2,(H,30,33). The molecule has 0 spiro atoms. The molecule has 3 rings (SSSR count). The molecule has 0 saturated heterocycles. The summed E-state index contributed by atoms with van der Waals surface area (Å²) >= 11 is 5.81. The summed E-state index contributed by atoms with van der Waals surface area (Å²) in [5.41, 5.74) is -4.58. The van der Waals surface area contributed by atoms with Crippen LogP contribution in [-0.2, 0) is 18.3 Å². The van der Waals surface area contributed by atoms with Crippen LogP contribution < -0.4 is 5.32 Å². The Morgan fingerprint density at radius 1 is 1.00 bits per heavy atom. The summed E-state index contributed by atoms with van der Waals surface area (Å²) in [6.45, 7) is -1.44. The first-order valence-electron chi connectivity index (χ1n) is 8.81. The molecule has 0 atom stereocenters. The van der Waals surface area contributed by atoms with Crippen LogP contribution in [0.3, 0.4) is 0 Å². The molecule has 0 bridgehead atoms. The summed E-state index contributed by atoms with van der Waals surface area (Å²) in [5.74, 6) is -5.31. The molecule has 1 amide bonds. The highest BCUT2D eigenvalue weighted by atomic mass is 35.5. The summed E-state index contributed by atoms with van der Waals surface area (Å²) in [4.78, 5) is 15.5. The van der Waals surface area contributed by atoms with Crippen molar-refractivity contribution in [2.75, 3.05) is 6.54 Å². The average Bonchev–Trinajstić information content (AvgIpc) is 3.22. The molecule has 1 N–H and O–H groups in total. The van der Waals surface area contributed by atoms with Gasteiger partial charge in [0.1, 0.15) is 5.69 Å². The maximum absolute atomic E-state index is 14.6. The van der Waals surface area contributed by atoms with Crippen LogP contribution >= 0.6 is 11.6 Å². The summed E-state index contributed by atoms with van der Waals surface area (Å²) in [6, 6.07) is 5.17. The number of amides is 1. The van der Waals surface area contributed by atoms with Crippen molar-refractivity contribution >= 4 is 17.5 Å². The Morgan fingerprint density at radius 2 is 1.67 bits per heavy atom. The highest BCUT2D eigenvalue weighted by molar-refractivity contribution is 6.31. The zero-order chi connectivity index (χ0) is 24.6. The van der Waals surface area contributed by atoms with E-state index in [4.69, 9.17) is 11.6 Å². The Kier molecular flexibility index (Phi) is 6.37. The highest BCUT2D eigenvalue weighted by Crippen LogP contribution is 2.34. The number of carbonyl (C=O) groups excluding carboxylic acids is 1. The number of rotatable bonds is 5. The lowest BCUT2D eigenvalue weighted by molar-refractivity contribution is -0.141. The number of carbonyl (C=O) groups is 1. The van der Waals surface area contributed by atoms with E-state index in [1.807, 2.05) is 0 Å². The topological polar surface area (TPSA) is 59.8 Å². The maximum Gasteiger partial charge on any atom is 0.435 e. The Labute approximate surface area is 185 Å². The van der Waals surface area contributed by atoms with Crippen molar-refractivity contribution in [2.45, 2.75) is 18.3 Å². The third kappa shape index (κ3) is 5.41. The zero-order valence-corrected chi connectivity index (χ0v) is 16.7. The molecule has 0 aliphatic carbocycles. The molecule has 0 saturated carbocycles. The fraction of sp³-hybridized carbons (Fsp3) is 0.211. The lowest BCUT2D eigenvalue weighted by atomic mass is 10.1. The Balaban J connectivity index is 1.78. The third-order valence-corrected chi connectivity index (χ3v) is 4.55. The molecular formula is C19H11ClF8N4O. The van der Waals surface area contributed by atoms with Crippen LogP contribution in [0.2, 0.25) is 5.02 Å². The number of halogens is 9. The van der Waals surface area contributed by atoms with Crippen LogP contribution in [0, 0.1) is 0 Å². The van der Waals surface area contributed by atoms with E-state index >= 15 is 0 Å². The van der Waals surface area contributed by atoms with Gasteiger partial charge in [0.05, 0.1) is 34.6 Å². The van der Waals surface area contributed by atoms with Gasteiger partial charge in [0.25, 0.3) is 5.91 Å². The van der Waals surface area contributed by atoms with E-state index in [-0.39, 0.29) is 5.69 Å². The quantitative estimate of drug-likeness (QED) is 0.474. The van der Waals surface area contributed by atoms with Gasteiger partial charge in [-0.3, -0.25) is 9.78 Å². The number of hydrogen-bond donors (Lipinski definition) is 1. The van der Waals surface area contributed by atoms with Crippen molar-refractivity contribution in [3.05, 3.63) is 76.3 Å². The molecule has 0 aliphatic heterocycles. The largest absolute Gasteiger partial charge is 0.435 e. The Hall–Kier alpha value is -3.22. The van der Waals surface area contributed by atoms with E-state index < -0.39 is 58.3 Å². The predicted octanol–water partition coefficient (Wildman–Crippen LogP) is 5.48. The van der Waals surface area contributed by atoms with Crippen molar-refractivity contribution in [2.24, 2.45) is 0 Å². The van der Waals surface area contributed by atoms with Gasteiger partial charge in [-0.2, -0.15) is 40.2 Å². The van der Waals surface area contributed by atoms with Crippen molar-refractivity contribution in [1.29, 1.82) is 0 Å². The number of nitrogens with one attached hydrogen (secondary N) is 1. The molecule has 33 heavy (non-hydrogen) atoms. The number of pyridine rings is 1. The molecule has 3 aromatic rings. The lowest BCUT2D eigenvalue weighted by Gasteiger charge is -2.19. The van der Waals surface area contributed by atoms with Gasteiger partial charge in [0.2, 0.25) is 0 Å². The fourth-order valence-electron chi connectivity index (χ4n) is 2.74. The minimum Gasteiger partial charge on any atom is -0.346 e. The second kappa shape index (κ2) is 8.61. The number of alkyl halides is 8. The first-order chi connectivity index (χ1) is 15.2. The van der Waals surface area contributed by atoms with Gasteiger partial charge >= 0.3 is 18.3 Å². The van der Waals surface area contributed by atoms with Crippen LogP contribution in [0.25, 0.3) is 5.69 Å². The van der Waals surface area contributed by atoms with Crippen molar-refractivity contribution in [3.8, 4) is 5.69 Å². The fourth-order valence-corrected chi connectivity index (χ4v) is 3.04. The molecule has 14 heteroatoms. The molecule has 5 nitrogen and oxygen atoms in total. The van der Waals surface area contributed by atoms with Gasteiger partial charge in [0, 0.05) is 6.20 Å². The maximum atomic E-state index is 14.6. The third-order valence-electron chi connectivity index (χ3n) is 4.27. The molecule has 2 aromatic heterocycles. The molecule has 0 radical (unpaired) electrons. The van der Waals surface area contributed by atoms with Crippen molar-refractivity contribution in [3.63, 3.8) is 0 Å². The smallest absolute Gasteiger partial charge is 0.346 e. The molecule has 0 aliphatic rings. The summed E-state index contributed by atoms with van der Waals surface area (Å²) in [6.07, 6.45) is -7.90. The van der Waals surface area contributed by atoms with Gasteiger partial charge in [0.15, 0.2) is 5.69 Å². The summed E-state index contributed by atoms with van der Waals surface area (Å²) in [7, 11) is 0. The first-order valence-corrected chi connectivity index (χ1v) is 9.19. The van der Waals surface area contributed by atoms with Gasteiger partial charge in [-0.25, -0.2) is 4.68 Å². The van der Waals surface area contributed by atoms with Gasteiger partial charge in [-0.15, -0.1) is 0 Å². The minimum absolute atomic E-state index is 0.154. The molecule has 0 fully saturated rings. The van der Waals surface area contributed by atoms with E-state index in [1.165, 1.54) is 0 Å². The van der Waals surface area contributed by atoms with E-state index in [0.717, 1.165) is 41.3 Å². The number of nitrogens with zero attached hydrogens (tertiary/aromatic N) is 3. The number of hydrogen-bond acceptors (Lipinski definition) is 3. The first kappa shape index (κ1) is 24.4. The molecule has 2 heterocycles. The van der Waals surface area contributed by atoms with Gasteiger partial charge < -0.3 is 5.32 Å².